The number of benzene rings is 1. The Morgan fingerprint density at radius 3 is 2.42 bits per heavy atom. The van der Waals surface area contributed by atoms with E-state index in [1.54, 1.807) is 18.2 Å². The first-order chi connectivity index (χ1) is 8.99. The van der Waals surface area contributed by atoms with Crippen molar-refractivity contribution in [2.45, 2.75) is 12.8 Å². The Balaban J connectivity index is 2.33. The van der Waals surface area contributed by atoms with E-state index in [2.05, 4.69) is 0 Å². The average molecular weight is 261 g/mol. The highest BCUT2D eigenvalue weighted by molar-refractivity contribution is 6.40. The van der Waals surface area contributed by atoms with Gasteiger partial charge < -0.3 is 10.8 Å². The Bertz CT molecular complexity index is 600. The van der Waals surface area contributed by atoms with Crippen molar-refractivity contribution in [1.29, 1.82) is 0 Å². The molecule has 1 aromatic rings. The van der Waals surface area contributed by atoms with Gasteiger partial charge in [0.2, 0.25) is 0 Å². The van der Waals surface area contributed by atoms with E-state index < -0.39 is 5.97 Å². The average Bonchev–Trinajstić information content (AvgIpc) is 2.38. The fourth-order valence-electron chi connectivity index (χ4n) is 2.06. The van der Waals surface area contributed by atoms with Gasteiger partial charge >= 0.3 is 5.97 Å². The van der Waals surface area contributed by atoms with E-state index in [0.717, 1.165) is 11.1 Å². The van der Waals surface area contributed by atoms with Crippen LogP contribution in [-0.4, -0.2) is 16.8 Å². The van der Waals surface area contributed by atoms with Crippen LogP contribution < -0.4 is 11.1 Å². The molecule has 0 spiro atoms. The van der Waals surface area contributed by atoms with Crippen molar-refractivity contribution in [3.8, 4) is 0 Å². The second-order valence-electron chi connectivity index (χ2n) is 4.33. The number of allylic oxidation sites excluding steroid dienone is 2. The van der Waals surface area contributed by atoms with Gasteiger partial charge in [0, 0.05) is 5.70 Å². The first-order valence-electron chi connectivity index (χ1n) is 5.80. The van der Waals surface area contributed by atoms with E-state index >= 15 is 0 Å². The van der Waals surface area contributed by atoms with Crippen molar-refractivity contribution >= 4 is 17.3 Å². The van der Waals surface area contributed by atoms with Crippen LogP contribution >= 0.6 is 0 Å². The Labute approximate surface area is 109 Å². The van der Waals surface area contributed by atoms with Crippen LogP contribution in [0.2, 0.25) is 0 Å². The molecule has 2 rings (SSSR count). The fourth-order valence-corrected chi connectivity index (χ4v) is 2.06. The van der Waals surface area contributed by atoms with Gasteiger partial charge in [-0.1, -0.05) is 12.1 Å². The minimum atomic E-state index is -1.17. The molecule has 0 saturated heterocycles. The third-order valence-electron chi connectivity index (χ3n) is 3.09. The van der Waals surface area contributed by atoms with Gasteiger partial charge in [0.25, 0.3) is 5.71 Å². The molecular weight excluding hydrogens is 247 g/mol. The highest BCUT2D eigenvalue weighted by Crippen LogP contribution is 2.29. The Kier molecular flexibility index (Phi) is 3.46. The summed E-state index contributed by atoms with van der Waals surface area (Å²) in [6.07, 6.45) is 2.78. The van der Waals surface area contributed by atoms with Crippen LogP contribution in [0.25, 0.3) is 5.57 Å². The van der Waals surface area contributed by atoms with E-state index in [1.165, 1.54) is 12.1 Å². The summed E-state index contributed by atoms with van der Waals surface area (Å²) < 4.78 is 12.8. The number of rotatable bonds is 3. The van der Waals surface area contributed by atoms with E-state index in [-0.39, 0.29) is 11.5 Å². The lowest BCUT2D eigenvalue weighted by Gasteiger charge is -2.15. The highest BCUT2D eigenvalue weighted by atomic mass is 19.1. The first kappa shape index (κ1) is 13.0. The zero-order valence-corrected chi connectivity index (χ0v) is 10.2. The summed E-state index contributed by atoms with van der Waals surface area (Å²) >= 11 is 0. The molecule has 0 unspecified atom stereocenters. The number of aliphatic carboxylic acids is 1. The topological polar surface area (TPSA) is 88.9 Å². The maximum atomic E-state index is 12.8. The highest BCUT2D eigenvalue weighted by Gasteiger charge is 2.24. The van der Waals surface area contributed by atoms with Gasteiger partial charge in [-0.15, -0.1) is 0 Å². The van der Waals surface area contributed by atoms with Crippen molar-refractivity contribution in [2.75, 3.05) is 0 Å². The second-order valence-corrected chi connectivity index (χ2v) is 4.33. The maximum absolute atomic E-state index is 12.8. The molecule has 5 N–H and O–H groups in total. The maximum Gasteiger partial charge on any atom is 0.401 e. The van der Waals surface area contributed by atoms with Crippen LogP contribution in [0, 0.1) is 5.82 Å². The van der Waals surface area contributed by atoms with Gasteiger partial charge in [-0.2, -0.15) is 0 Å². The summed E-state index contributed by atoms with van der Waals surface area (Å²) in [6, 6.07) is 6.10. The van der Waals surface area contributed by atoms with E-state index in [0.29, 0.717) is 24.1 Å². The molecule has 0 aromatic heterocycles. The van der Waals surface area contributed by atoms with Crippen LogP contribution in [-0.2, 0) is 4.79 Å². The molecule has 0 bridgehead atoms. The summed E-state index contributed by atoms with van der Waals surface area (Å²) in [7, 11) is 0. The van der Waals surface area contributed by atoms with Crippen LogP contribution in [0.4, 0.5) is 4.39 Å². The summed E-state index contributed by atoms with van der Waals surface area (Å²) in [5.41, 5.74) is 8.25. The molecule has 4 nitrogen and oxygen atoms in total. The molecule has 0 atom stereocenters. The Morgan fingerprint density at radius 2 is 1.89 bits per heavy atom. The van der Waals surface area contributed by atoms with E-state index in [9.17, 15) is 9.18 Å². The van der Waals surface area contributed by atoms with Gasteiger partial charge in [0.1, 0.15) is 5.82 Å². The van der Waals surface area contributed by atoms with E-state index in [1.807, 2.05) is 0 Å². The zero-order chi connectivity index (χ0) is 14.0. The molecule has 98 valence electrons. The standard InChI is InChI=1S/C14H13FN2O2/c15-10-4-1-8(2-5-10)9-3-6-11(12(16)7-9)13(17)14(18)19/h1-2,4-5,7,17H,3,6,16H2,(H,18,19)/p+1. The monoisotopic (exact) mass is 261 g/mol. The van der Waals surface area contributed by atoms with Crippen molar-refractivity contribution < 1.29 is 19.7 Å². The van der Waals surface area contributed by atoms with Crippen LogP contribution in [0.15, 0.2) is 41.6 Å². The normalized spacial score (nSPS) is 15.1. The summed E-state index contributed by atoms with van der Waals surface area (Å²) in [5.74, 6) is -1.47. The minimum Gasteiger partial charge on any atom is -0.473 e. The minimum absolute atomic E-state index is 0.216. The Morgan fingerprint density at radius 1 is 1.26 bits per heavy atom. The second kappa shape index (κ2) is 5.06. The number of nitrogens with two attached hydrogens (primary N) is 2. The fraction of sp³-hybridized carbons (Fsp3) is 0.143. The largest absolute Gasteiger partial charge is 0.473 e. The summed E-state index contributed by atoms with van der Waals surface area (Å²) in [4.78, 5) is 10.8. The number of carboxylic acid groups (broad SMARTS) is 1. The smallest absolute Gasteiger partial charge is 0.401 e. The molecule has 0 aliphatic heterocycles. The van der Waals surface area contributed by atoms with Crippen molar-refractivity contribution in [3.05, 3.63) is 53.0 Å². The molecule has 1 aromatic carbocycles. The number of carbonyl (C=O) groups is 1. The molecule has 0 fully saturated rings. The Hall–Kier alpha value is -2.43. The molecule has 19 heavy (non-hydrogen) atoms. The lowest BCUT2D eigenvalue weighted by atomic mass is 9.89. The molecule has 0 saturated carbocycles. The molecular formula is C14H14FN2O2+. The SMILES string of the molecule is NC1=C(C(=[NH2+])C(=O)O)CCC(c2ccc(F)cc2)=C1. The third kappa shape index (κ3) is 2.70. The van der Waals surface area contributed by atoms with Gasteiger partial charge in [0.05, 0.1) is 5.57 Å². The third-order valence-corrected chi connectivity index (χ3v) is 3.09. The number of hydrogen-bond donors (Lipinski definition) is 3. The quantitative estimate of drug-likeness (QED) is 0.692. The van der Waals surface area contributed by atoms with Gasteiger partial charge in [-0.25, -0.2) is 14.6 Å². The molecule has 1 aliphatic carbocycles. The van der Waals surface area contributed by atoms with Gasteiger partial charge in [0.15, 0.2) is 0 Å². The molecule has 0 heterocycles. The van der Waals surface area contributed by atoms with Crippen LogP contribution in [0.1, 0.15) is 18.4 Å². The van der Waals surface area contributed by atoms with Crippen molar-refractivity contribution in [3.63, 3.8) is 0 Å². The molecule has 0 radical (unpaired) electrons. The summed E-state index contributed by atoms with van der Waals surface area (Å²) in [6.45, 7) is 0. The lowest BCUT2D eigenvalue weighted by molar-refractivity contribution is -0.147. The first-order valence-corrected chi connectivity index (χ1v) is 5.80. The van der Waals surface area contributed by atoms with Crippen LogP contribution in [0.5, 0.6) is 0 Å². The number of hydrogen-bond acceptors (Lipinski definition) is 2. The zero-order valence-electron chi connectivity index (χ0n) is 10.2. The predicted octanol–water partition coefficient (Wildman–Crippen LogP) is 0.500. The number of halogens is 1. The van der Waals surface area contributed by atoms with Crippen molar-refractivity contribution in [2.24, 2.45) is 5.73 Å². The van der Waals surface area contributed by atoms with Gasteiger partial charge in [-0.05, 0) is 42.2 Å². The number of carboxylic acids is 1. The van der Waals surface area contributed by atoms with E-state index in [4.69, 9.17) is 16.2 Å². The predicted molar refractivity (Wildman–Crippen MR) is 69.4 cm³/mol. The molecule has 5 heteroatoms. The lowest BCUT2D eigenvalue weighted by Crippen LogP contribution is -2.47. The molecule has 0 amide bonds. The van der Waals surface area contributed by atoms with Gasteiger partial charge in [-0.3, -0.25) is 0 Å². The van der Waals surface area contributed by atoms with Crippen LogP contribution in [0.3, 0.4) is 0 Å². The molecule has 1 aliphatic rings. The summed E-state index contributed by atoms with van der Waals surface area (Å²) in [5, 5.41) is 14.3. The van der Waals surface area contributed by atoms with Crippen molar-refractivity contribution in [1.82, 2.24) is 0 Å².